The lowest BCUT2D eigenvalue weighted by molar-refractivity contribution is -0.153. The number of pyridine rings is 1. The van der Waals surface area contributed by atoms with Gasteiger partial charge in [-0.3, -0.25) is 4.90 Å². The molecule has 3 aromatic rings. The highest BCUT2D eigenvalue weighted by atomic mass is 16.5. The van der Waals surface area contributed by atoms with Crippen LogP contribution in [0, 0.1) is 0 Å². The molecule has 0 aliphatic carbocycles. The van der Waals surface area contributed by atoms with Crippen molar-refractivity contribution in [3.63, 3.8) is 0 Å². The van der Waals surface area contributed by atoms with E-state index >= 15 is 0 Å². The Labute approximate surface area is 181 Å². The number of carboxylic acids is 1. The number of rotatable bonds is 8. The van der Waals surface area contributed by atoms with Gasteiger partial charge in [0.2, 0.25) is 0 Å². The van der Waals surface area contributed by atoms with Crippen LogP contribution in [0.5, 0.6) is 0 Å². The monoisotopic (exact) mass is 422 g/mol. The maximum Gasteiger partial charge on any atom is 0.415 e. The van der Waals surface area contributed by atoms with Gasteiger partial charge in [-0.05, 0) is 43.2 Å². The Morgan fingerprint density at radius 2 is 1.77 bits per heavy atom. The van der Waals surface area contributed by atoms with E-state index in [1.165, 1.54) is 12.0 Å². The van der Waals surface area contributed by atoms with E-state index in [9.17, 15) is 14.7 Å². The molecule has 162 valence electrons. The van der Waals surface area contributed by atoms with Crippen molar-refractivity contribution in [3.05, 3.63) is 71.8 Å². The zero-order valence-electron chi connectivity index (χ0n) is 17.8. The van der Waals surface area contributed by atoms with E-state index in [0.717, 1.165) is 22.0 Å². The van der Waals surface area contributed by atoms with Gasteiger partial charge in [0, 0.05) is 11.8 Å². The lowest BCUT2D eigenvalue weighted by atomic mass is 10.0. The Hall–Kier alpha value is -3.45. The van der Waals surface area contributed by atoms with Crippen LogP contribution in [0.15, 0.2) is 60.7 Å². The van der Waals surface area contributed by atoms with Crippen molar-refractivity contribution in [2.24, 2.45) is 0 Å². The third-order valence-electron chi connectivity index (χ3n) is 4.72. The van der Waals surface area contributed by atoms with Crippen LogP contribution < -0.4 is 4.90 Å². The van der Waals surface area contributed by atoms with Crippen LogP contribution in [0.25, 0.3) is 10.9 Å². The van der Waals surface area contributed by atoms with Gasteiger partial charge >= 0.3 is 12.1 Å². The first kappa shape index (κ1) is 22.2. The Bertz CT molecular complexity index is 1070. The van der Waals surface area contributed by atoms with Crippen molar-refractivity contribution in [3.8, 4) is 0 Å². The maximum absolute atomic E-state index is 12.5. The van der Waals surface area contributed by atoms with Gasteiger partial charge < -0.3 is 14.6 Å². The van der Waals surface area contributed by atoms with E-state index in [2.05, 4.69) is 4.98 Å². The molecule has 1 amide bonds. The molecule has 0 aliphatic heterocycles. The predicted octanol–water partition coefficient (Wildman–Crippen LogP) is 4.43. The van der Waals surface area contributed by atoms with Gasteiger partial charge in [-0.2, -0.15) is 0 Å². The van der Waals surface area contributed by atoms with E-state index in [1.54, 1.807) is 19.9 Å². The molecule has 0 fully saturated rings. The molecule has 1 atom stereocenters. The number of ether oxygens (including phenoxy) is 2. The molecule has 1 unspecified atom stereocenters. The molecule has 0 radical (unpaired) electrons. The Kier molecular flexibility index (Phi) is 7.20. The molecule has 0 bridgehead atoms. The molecule has 2 aromatic carbocycles. The third-order valence-corrected chi connectivity index (χ3v) is 4.72. The number of carboxylic acid groups (broad SMARTS) is 1. The third kappa shape index (κ3) is 5.79. The summed E-state index contributed by atoms with van der Waals surface area (Å²) >= 11 is 0. The second kappa shape index (κ2) is 10.0. The summed E-state index contributed by atoms with van der Waals surface area (Å²) in [7, 11) is 1.33. The first-order valence-electron chi connectivity index (χ1n) is 10.0. The quantitative estimate of drug-likeness (QED) is 0.578. The second-order valence-corrected chi connectivity index (χ2v) is 7.45. The van der Waals surface area contributed by atoms with Crippen LogP contribution in [0.1, 0.15) is 25.0 Å². The zero-order chi connectivity index (χ0) is 22.4. The van der Waals surface area contributed by atoms with Crippen LogP contribution in [0.3, 0.4) is 0 Å². The number of methoxy groups -OCH3 is 1. The predicted molar refractivity (Wildman–Crippen MR) is 118 cm³/mol. The Balaban J connectivity index is 1.85. The topological polar surface area (TPSA) is 89.0 Å². The summed E-state index contributed by atoms with van der Waals surface area (Å²) in [6.45, 7) is 3.84. The molecule has 31 heavy (non-hydrogen) atoms. The molecular weight excluding hydrogens is 396 g/mol. The molecule has 1 N–H and O–H groups in total. The fraction of sp³-hybridized carbons (Fsp3) is 0.292. The van der Waals surface area contributed by atoms with Gasteiger partial charge in [-0.15, -0.1) is 0 Å². The molecule has 0 spiro atoms. The summed E-state index contributed by atoms with van der Waals surface area (Å²) in [6, 6.07) is 18.8. The van der Waals surface area contributed by atoms with Crippen LogP contribution in [0.4, 0.5) is 10.6 Å². The van der Waals surface area contributed by atoms with E-state index in [-0.39, 0.29) is 19.1 Å². The molecule has 1 aromatic heterocycles. The van der Waals surface area contributed by atoms with Gasteiger partial charge in [-0.1, -0.05) is 42.5 Å². The summed E-state index contributed by atoms with van der Waals surface area (Å²) in [4.78, 5) is 30.1. The van der Waals surface area contributed by atoms with E-state index in [1.807, 2.05) is 54.6 Å². The maximum atomic E-state index is 12.5. The molecule has 0 saturated heterocycles. The van der Waals surface area contributed by atoms with Crippen molar-refractivity contribution in [2.75, 3.05) is 12.0 Å². The number of amides is 1. The minimum atomic E-state index is -1.00. The van der Waals surface area contributed by atoms with Gasteiger partial charge in [0.25, 0.3) is 0 Å². The summed E-state index contributed by atoms with van der Waals surface area (Å²) in [6.07, 6.45) is -1.43. The average molecular weight is 422 g/mol. The van der Waals surface area contributed by atoms with Crippen molar-refractivity contribution >= 4 is 28.8 Å². The highest BCUT2D eigenvalue weighted by Crippen LogP contribution is 2.21. The number of para-hydroxylation sites is 1. The van der Waals surface area contributed by atoms with Gasteiger partial charge in [0.05, 0.1) is 25.3 Å². The van der Waals surface area contributed by atoms with E-state index < -0.39 is 18.2 Å². The number of anilines is 1. The summed E-state index contributed by atoms with van der Waals surface area (Å²) < 4.78 is 10.5. The lowest BCUT2D eigenvalue weighted by Gasteiger charge is -2.21. The fourth-order valence-electron chi connectivity index (χ4n) is 3.33. The molecule has 1 heterocycles. The Morgan fingerprint density at radius 1 is 1.03 bits per heavy atom. The van der Waals surface area contributed by atoms with E-state index in [0.29, 0.717) is 5.82 Å². The van der Waals surface area contributed by atoms with E-state index in [4.69, 9.17) is 9.47 Å². The minimum absolute atomic E-state index is 0.196. The van der Waals surface area contributed by atoms with Crippen molar-refractivity contribution in [1.29, 1.82) is 0 Å². The number of nitrogens with zero attached hydrogens (tertiary/aromatic N) is 2. The average Bonchev–Trinajstić information content (AvgIpc) is 2.76. The summed E-state index contributed by atoms with van der Waals surface area (Å²) in [5.74, 6) is -0.529. The fourth-order valence-corrected chi connectivity index (χ4v) is 3.33. The molecular formula is C24H26N2O5. The highest BCUT2D eigenvalue weighted by molar-refractivity contribution is 5.89. The van der Waals surface area contributed by atoms with Crippen LogP contribution in [0.2, 0.25) is 0 Å². The Morgan fingerprint density at radius 3 is 2.48 bits per heavy atom. The number of fused-ring (bicyclic) bond motifs is 1. The number of hydrogen-bond donors (Lipinski definition) is 1. The smallest absolute Gasteiger partial charge is 0.415 e. The first-order valence-corrected chi connectivity index (χ1v) is 10.0. The molecule has 7 heteroatoms. The number of carbonyl (C=O) groups is 2. The first-order chi connectivity index (χ1) is 14.9. The number of hydrogen-bond acceptors (Lipinski definition) is 5. The minimum Gasteiger partial charge on any atom is -0.479 e. The highest BCUT2D eigenvalue weighted by Gasteiger charge is 2.22. The zero-order valence-corrected chi connectivity index (χ0v) is 17.8. The second-order valence-electron chi connectivity index (χ2n) is 7.45. The van der Waals surface area contributed by atoms with Crippen molar-refractivity contribution < 1.29 is 24.2 Å². The van der Waals surface area contributed by atoms with Crippen molar-refractivity contribution in [2.45, 2.75) is 39.0 Å². The van der Waals surface area contributed by atoms with Crippen molar-refractivity contribution in [1.82, 2.24) is 4.98 Å². The number of benzene rings is 2. The number of aliphatic carboxylic acids is 1. The van der Waals surface area contributed by atoms with Gasteiger partial charge in [0.15, 0.2) is 6.10 Å². The molecule has 0 saturated carbocycles. The SMILES string of the molecule is COC(=O)N(Cc1cccc(CC(OC(C)C)C(=O)O)c1)c1ccc2ccccc2n1. The van der Waals surface area contributed by atoms with Gasteiger partial charge in [-0.25, -0.2) is 14.6 Å². The van der Waals surface area contributed by atoms with Crippen LogP contribution in [-0.4, -0.2) is 41.5 Å². The lowest BCUT2D eigenvalue weighted by Crippen LogP contribution is -2.31. The summed E-state index contributed by atoms with van der Waals surface area (Å²) in [5.41, 5.74) is 2.41. The molecule has 3 rings (SSSR count). The summed E-state index contributed by atoms with van der Waals surface area (Å²) in [5, 5.41) is 10.4. The van der Waals surface area contributed by atoms with Gasteiger partial charge in [0.1, 0.15) is 5.82 Å². The number of carbonyl (C=O) groups excluding carboxylic acids is 1. The largest absolute Gasteiger partial charge is 0.479 e. The molecule has 7 nitrogen and oxygen atoms in total. The number of aromatic nitrogens is 1. The molecule has 0 aliphatic rings. The standard InChI is InChI=1S/C24H26N2O5/c1-16(2)31-21(23(27)28)14-17-7-6-8-18(13-17)15-26(24(29)30-3)22-12-11-19-9-4-5-10-20(19)25-22/h4-13,16,21H,14-15H2,1-3H3,(H,27,28). The van der Waals surface area contributed by atoms with Crippen LogP contribution in [-0.2, 0) is 27.2 Å². The normalized spacial score (nSPS) is 12.0. The van der Waals surface area contributed by atoms with Crippen LogP contribution >= 0.6 is 0 Å².